The Balaban J connectivity index is 2.00. The van der Waals surface area contributed by atoms with Gasteiger partial charge in [-0.1, -0.05) is 18.3 Å². The van der Waals surface area contributed by atoms with Crippen molar-refractivity contribution in [1.29, 1.82) is 0 Å². The molecule has 0 unspecified atom stereocenters. The average Bonchev–Trinajstić information content (AvgIpc) is 3.05. The number of rotatable bonds is 7. The Hall–Kier alpha value is -1.17. The van der Waals surface area contributed by atoms with E-state index in [1.54, 1.807) is 0 Å². The van der Waals surface area contributed by atoms with E-state index >= 15 is 0 Å². The van der Waals surface area contributed by atoms with Gasteiger partial charge in [0.2, 0.25) is 10.1 Å². The molecular weight excluding hydrogens is 248 g/mol. The van der Waals surface area contributed by atoms with Gasteiger partial charge in [-0.3, -0.25) is 4.79 Å². The molecule has 1 heterocycles. The van der Waals surface area contributed by atoms with Gasteiger partial charge < -0.3 is 10.2 Å². The van der Waals surface area contributed by atoms with Gasteiger partial charge in [-0.2, -0.15) is 0 Å². The van der Waals surface area contributed by atoms with Gasteiger partial charge in [-0.05, 0) is 32.1 Å². The summed E-state index contributed by atoms with van der Waals surface area (Å²) < 4.78 is 0. The second-order valence-corrected chi connectivity index (χ2v) is 5.61. The zero-order valence-corrected chi connectivity index (χ0v) is 11.8. The molecule has 0 bridgehead atoms. The molecule has 5 nitrogen and oxygen atoms in total. The van der Waals surface area contributed by atoms with Crippen LogP contribution < -0.4 is 5.32 Å². The molecule has 0 aromatic carbocycles. The lowest BCUT2D eigenvalue weighted by Gasteiger charge is -2.20. The fraction of sp³-hybridized carbons (Fsp3) is 0.750. The predicted molar refractivity (Wildman–Crippen MR) is 73.0 cm³/mol. The van der Waals surface area contributed by atoms with E-state index in [9.17, 15) is 4.79 Å². The molecule has 6 heteroatoms. The summed E-state index contributed by atoms with van der Waals surface area (Å²) in [7, 11) is 0. The fourth-order valence-corrected chi connectivity index (χ4v) is 2.60. The first kappa shape index (κ1) is 13.3. The van der Waals surface area contributed by atoms with E-state index in [-0.39, 0.29) is 5.91 Å². The van der Waals surface area contributed by atoms with Crippen molar-refractivity contribution in [2.24, 2.45) is 5.92 Å². The molecule has 1 saturated carbocycles. The first-order valence-electron chi connectivity index (χ1n) is 6.61. The van der Waals surface area contributed by atoms with Gasteiger partial charge in [0.1, 0.15) is 0 Å². The van der Waals surface area contributed by atoms with Crippen molar-refractivity contribution < 1.29 is 4.79 Å². The Labute approximate surface area is 112 Å². The highest BCUT2D eigenvalue weighted by molar-refractivity contribution is 7.17. The largest absolute Gasteiger partial charge is 0.360 e. The number of carbonyl (C=O) groups is 1. The maximum atomic E-state index is 12.3. The van der Waals surface area contributed by atoms with Crippen LogP contribution in [-0.2, 0) is 0 Å². The maximum absolute atomic E-state index is 12.3. The molecule has 1 aromatic rings. The summed E-state index contributed by atoms with van der Waals surface area (Å²) in [4.78, 5) is 14.2. The summed E-state index contributed by atoms with van der Waals surface area (Å²) in [6.45, 7) is 6.58. The SMILES string of the molecule is CCCN(CC1CC1)C(=O)c1nnc(NCC)s1. The van der Waals surface area contributed by atoms with Crippen LogP contribution in [0.2, 0.25) is 0 Å². The monoisotopic (exact) mass is 268 g/mol. The summed E-state index contributed by atoms with van der Waals surface area (Å²) in [6.07, 6.45) is 3.50. The zero-order chi connectivity index (χ0) is 13.0. The third-order valence-corrected chi connectivity index (χ3v) is 3.76. The average molecular weight is 268 g/mol. The van der Waals surface area contributed by atoms with Gasteiger partial charge in [0.25, 0.3) is 5.91 Å². The normalized spacial score (nSPS) is 14.6. The Bertz CT molecular complexity index is 403. The number of anilines is 1. The highest BCUT2D eigenvalue weighted by atomic mass is 32.1. The van der Waals surface area contributed by atoms with Crippen LogP contribution in [0.25, 0.3) is 0 Å². The van der Waals surface area contributed by atoms with Gasteiger partial charge in [-0.15, -0.1) is 10.2 Å². The van der Waals surface area contributed by atoms with E-state index in [0.717, 1.165) is 31.2 Å². The van der Waals surface area contributed by atoms with Gasteiger partial charge in [-0.25, -0.2) is 0 Å². The number of carbonyl (C=O) groups excluding carboxylic acids is 1. The summed E-state index contributed by atoms with van der Waals surface area (Å²) in [5, 5.41) is 12.3. The van der Waals surface area contributed by atoms with Crippen LogP contribution in [0.1, 0.15) is 42.9 Å². The number of nitrogens with zero attached hydrogens (tertiary/aromatic N) is 3. The van der Waals surface area contributed by atoms with Crippen LogP contribution >= 0.6 is 11.3 Å². The minimum absolute atomic E-state index is 0.0328. The number of nitrogens with one attached hydrogen (secondary N) is 1. The third-order valence-electron chi connectivity index (χ3n) is 2.89. The number of aromatic nitrogens is 2. The number of amides is 1. The Morgan fingerprint density at radius 1 is 1.44 bits per heavy atom. The van der Waals surface area contributed by atoms with Crippen LogP contribution in [0.3, 0.4) is 0 Å². The molecule has 0 aliphatic heterocycles. The molecule has 0 spiro atoms. The Morgan fingerprint density at radius 2 is 2.22 bits per heavy atom. The van der Waals surface area contributed by atoms with E-state index in [1.165, 1.54) is 24.2 Å². The van der Waals surface area contributed by atoms with Gasteiger partial charge in [0, 0.05) is 19.6 Å². The van der Waals surface area contributed by atoms with E-state index in [4.69, 9.17) is 0 Å². The first-order chi connectivity index (χ1) is 8.74. The quantitative estimate of drug-likeness (QED) is 0.824. The van der Waals surface area contributed by atoms with E-state index in [1.807, 2.05) is 11.8 Å². The van der Waals surface area contributed by atoms with Crippen molar-refractivity contribution in [2.45, 2.75) is 33.1 Å². The topological polar surface area (TPSA) is 58.1 Å². The first-order valence-corrected chi connectivity index (χ1v) is 7.42. The van der Waals surface area contributed by atoms with E-state index in [0.29, 0.717) is 10.9 Å². The molecule has 1 aliphatic carbocycles. The summed E-state index contributed by atoms with van der Waals surface area (Å²) in [5.41, 5.74) is 0. The molecule has 0 atom stereocenters. The summed E-state index contributed by atoms with van der Waals surface area (Å²) >= 11 is 1.34. The second-order valence-electron chi connectivity index (χ2n) is 4.64. The highest BCUT2D eigenvalue weighted by Gasteiger charge is 2.28. The number of hydrogen-bond acceptors (Lipinski definition) is 5. The Morgan fingerprint density at radius 3 is 2.83 bits per heavy atom. The van der Waals surface area contributed by atoms with E-state index in [2.05, 4.69) is 22.4 Å². The summed E-state index contributed by atoms with van der Waals surface area (Å²) in [6, 6.07) is 0. The van der Waals surface area contributed by atoms with Crippen LogP contribution in [-0.4, -0.2) is 40.6 Å². The minimum atomic E-state index is 0.0328. The molecule has 1 N–H and O–H groups in total. The third kappa shape index (κ3) is 3.41. The van der Waals surface area contributed by atoms with Crippen molar-refractivity contribution in [3.8, 4) is 0 Å². The molecule has 0 radical (unpaired) electrons. The standard InChI is InChI=1S/C12H20N4OS/c1-3-7-16(8-9-5-6-9)11(17)10-14-15-12(18-10)13-4-2/h9H,3-8H2,1-2H3,(H,13,15). The second kappa shape index (κ2) is 6.13. The van der Waals surface area contributed by atoms with Gasteiger partial charge >= 0.3 is 0 Å². The zero-order valence-electron chi connectivity index (χ0n) is 11.0. The molecule has 18 heavy (non-hydrogen) atoms. The van der Waals surface area contributed by atoms with Gasteiger partial charge in [0.05, 0.1) is 0 Å². The minimum Gasteiger partial charge on any atom is -0.360 e. The molecule has 1 aromatic heterocycles. The van der Waals surface area contributed by atoms with Crippen LogP contribution in [0.4, 0.5) is 5.13 Å². The van der Waals surface area contributed by atoms with Crippen molar-refractivity contribution in [1.82, 2.24) is 15.1 Å². The fourth-order valence-electron chi connectivity index (χ4n) is 1.83. The molecule has 100 valence electrons. The lowest BCUT2D eigenvalue weighted by atomic mass is 10.3. The van der Waals surface area contributed by atoms with Crippen molar-refractivity contribution in [3.63, 3.8) is 0 Å². The van der Waals surface area contributed by atoms with Crippen molar-refractivity contribution in [3.05, 3.63) is 5.01 Å². The summed E-state index contributed by atoms with van der Waals surface area (Å²) in [5.74, 6) is 0.743. The van der Waals surface area contributed by atoms with Crippen molar-refractivity contribution >= 4 is 22.4 Å². The molecule has 2 rings (SSSR count). The van der Waals surface area contributed by atoms with Gasteiger partial charge in [0.15, 0.2) is 0 Å². The van der Waals surface area contributed by atoms with Crippen LogP contribution in [0.5, 0.6) is 0 Å². The number of hydrogen-bond donors (Lipinski definition) is 1. The highest BCUT2D eigenvalue weighted by Crippen LogP contribution is 2.30. The van der Waals surface area contributed by atoms with Crippen LogP contribution in [0.15, 0.2) is 0 Å². The lowest BCUT2D eigenvalue weighted by Crippen LogP contribution is -2.33. The Kier molecular flexibility index (Phi) is 4.52. The molecule has 1 amide bonds. The smallest absolute Gasteiger partial charge is 0.284 e. The molecule has 0 saturated heterocycles. The molecule has 1 fully saturated rings. The van der Waals surface area contributed by atoms with E-state index < -0.39 is 0 Å². The lowest BCUT2D eigenvalue weighted by molar-refractivity contribution is 0.0746. The molecular formula is C12H20N4OS. The van der Waals surface area contributed by atoms with Crippen molar-refractivity contribution in [2.75, 3.05) is 25.0 Å². The molecule has 1 aliphatic rings. The predicted octanol–water partition coefficient (Wildman–Crippen LogP) is 2.23. The maximum Gasteiger partial charge on any atom is 0.284 e. The van der Waals surface area contributed by atoms with Crippen LogP contribution in [0, 0.1) is 5.92 Å².